The van der Waals surface area contributed by atoms with Crippen LogP contribution in [0.5, 0.6) is 0 Å². The Morgan fingerprint density at radius 1 is 1.57 bits per heavy atom. The van der Waals surface area contributed by atoms with Crippen LogP contribution in [0.15, 0.2) is 12.1 Å². The molecule has 0 aromatic carbocycles. The first-order valence-electron chi connectivity index (χ1n) is 4.26. The van der Waals surface area contributed by atoms with Gasteiger partial charge in [-0.2, -0.15) is 0 Å². The summed E-state index contributed by atoms with van der Waals surface area (Å²) in [5.74, 6) is 0.0527. The fourth-order valence-corrected chi connectivity index (χ4v) is 2.08. The van der Waals surface area contributed by atoms with Crippen LogP contribution in [0.25, 0.3) is 0 Å². The van der Waals surface area contributed by atoms with E-state index in [1.165, 1.54) is 11.3 Å². The van der Waals surface area contributed by atoms with E-state index in [0.717, 1.165) is 4.88 Å². The summed E-state index contributed by atoms with van der Waals surface area (Å²) in [4.78, 5) is 12.3. The van der Waals surface area contributed by atoms with Crippen molar-refractivity contribution in [2.24, 2.45) is 5.73 Å². The van der Waals surface area contributed by atoms with Crippen LogP contribution < -0.4 is 5.73 Å². The number of carbonyl (C=O) groups is 1. The van der Waals surface area contributed by atoms with Crippen molar-refractivity contribution in [3.05, 3.63) is 21.3 Å². The third-order valence-corrected chi connectivity index (χ3v) is 2.76. The topological polar surface area (TPSA) is 52.3 Å². The van der Waals surface area contributed by atoms with Gasteiger partial charge in [0.2, 0.25) is 0 Å². The minimum atomic E-state index is 0.0527. The smallest absolute Gasteiger partial charge is 0.163 e. The maximum atomic E-state index is 11.3. The minimum absolute atomic E-state index is 0.0527. The lowest BCUT2D eigenvalue weighted by Crippen LogP contribution is -2.15. The fraction of sp³-hybridized carbons (Fsp3) is 0.444. The summed E-state index contributed by atoms with van der Waals surface area (Å²) in [5.41, 5.74) is 5.22. The highest BCUT2D eigenvalue weighted by Crippen LogP contribution is 2.21. The average Bonchev–Trinajstić information content (AvgIpc) is 2.52. The van der Waals surface area contributed by atoms with Gasteiger partial charge in [0.15, 0.2) is 5.78 Å². The second-order valence-electron chi connectivity index (χ2n) is 2.76. The quantitative estimate of drug-likeness (QED) is 0.758. The lowest BCUT2D eigenvalue weighted by molar-refractivity contribution is -0.122. The first kappa shape index (κ1) is 11.7. The van der Waals surface area contributed by atoms with Gasteiger partial charge in [-0.05, 0) is 12.1 Å². The van der Waals surface area contributed by atoms with Gasteiger partial charge >= 0.3 is 0 Å². The Labute approximate surface area is 91.8 Å². The number of hydrogen-bond acceptors (Lipinski definition) is 4. The molecule has 0 aliphatic carbocycles. The highest BCUT2D eigenvalue weighted by atomic mass is 35.5. The monoisotopic (exact) mass is 233 g/mol. The van der Waals surface area contributed by atoms with Crippen molar-refractivity contribution in [2.45, 2.75) is 6.42 Å². The molecule has 1 aromatic rings. The molecule has 3 nitrogen and oxygen atoms in total. The Kier molecular flexibility index (Phi) is 5.11. The second kappa shape index (κ2) is 6.14. The maximum absolute atomic E-state index is 11.3. The van der Waals surface area contributed by atoms with E-state index >= 15 is 0 Å². The molecule has 0 amide bonds. The van der Waals surface area contributed by atoms with Crippen LogP contribution in [0.4, 0.5) is 0 Å². The van der Waals surface area contributed by atoms with Crippen molar-refractivity contribution in [3.63, 3.8) is 0 Å². The lowest BCUT2D eigenvalue weighted by atomic mass is 10.2. The van der Waals surface area contributed by atoms with Gasteiger partial charge in [-0.15, -0.1) is 11.3 Å². The van der Waals surface area contributed by atoms with Crippen molar-refractivity contribution in [3.8, 4) is 0 Å². The molecule has 1 rings (SSSR count). The van der Waals surface area contributed by atoms with Crippen LogP contribution in [-0.2, 0) is 16.0 Å². The summed E-state index contributed by atoms with van der Waals surface area (Å²) in [6.45, 7) is 1.00. The standard InChI is InChI=1S/C9H12ClNO2S/c10-9-2-1-8(14-9)5-7(12)6-13-4-3-11/h1-2H,3-6,11H2. The molecule has 0 radical (unpaired) electrons. The number of rotatable bonds is 6. The average molecular weight is 234 g/mol. The second-order valence-corrected chi connectivity index (χ2v) is 4.56. The van der Waals surface area contributed by atoms with Crippen LogP contribution in [0.1, 0.15) is 4.88 Å². The molecule has 0 bridgehead atoms. The van der Waals surface area contributed by atoms with E-state index in [4.69, 9.17) is 22.1 Å². The van der Waals surface area contributed by atoms with Crippen molar-refractivity contribution in [1.29, 1.82) is 0 Å². The third-order valence-electron chi connectivity index (χ3n) is 1.53. The predicted molar refractivity (Wildman–Crippen MR) is 57.9 cm³/mol. The van der Waals surface area contributed by atoms with Crippen LogP contribution in [0.2, 0.25) is 4.34 Å². The fourth-order valence-electron chi connectivity index (χ4n) is 0.961. The van der Waals surface area contributed by atoms with Gasteiger partial charge in [0.1, 0.15) is 6.61 Å². The first-order valence-corrected chi connectivity index (χ1v) is 5.45. The van der Waals surface area contributed by atoms with E-state index in [-0.39, 0.29) is 12.4 Å². The summed E-state index contributed by atoms with van der Waals surface area (Å²) < 4.78 is 5.73. The molecule has 0 atom stereocenters. The van der Waals surface area contributed by atoms with Crippen molar-refractivity contribution < 1.29 is 9.53 Å². The van der Waals surface area contributed by atoms with E-state index in [0.29, 0.717) is 23.9 Å². The zero-order chi connectivity index (χ0) is 10.4. The van der Waals surface area contributed by atoms with Crippen molar-refractivity contribution in [1.82, 2.24) is 0 Å². The number of thiophene rings is 1. The van der Waals surface area contributed by atoms with E-state index < -0.39 is 0 Å². The molecule has 1 heterocycles. The Bertz CT molecular complexity index is 301. The molecule has 0 fully saturated rings. The number of hydrogen-bond donors (Lipinski definition) is 1. The highest BCUT2D eigenvalue weighted by molar-refractivity contribution is 7.16. The maximum Gasteiger partial charge on any atom is 0.163 e. The summed E-state index contributed by atoms with van der Waals surface area (Å²) in [7, 11) is 0. The van der Waals surface area contributed by atoms with Gasteiger partial charge < -0.3 is 10.5 Å². The summed E-state index contributed by atoms with van der Waals surface area (Å²) >= 11 is 7.15. The Hall–Kier alpha value is -0.420. The molecule has 0 spiro atoms. The molecule has 14 heavy (non-hydrogen) atoms. The summed E-state index contributed by atoms with van der Waals surface area (Å²) in [6.07, 6.45) is 0.391. The van der Waals surface area contributed by atoms with Crippen LogP contribution in [-0.4, -0.2) is 25.5 Å². The van der Waals surface area contributed by atoms with E-state index in [1.807, 2.05) is 6.07 Å². The number of ether oxygens (including phenoxy) is 1. The van der Waals surface area contributed by atoms with Gasteiger partial charge in [-0.25, -0.2) is 0 Å². The van der Waals surface area contributed by atoms with Crippen LogP contribution >= 0.6 is 22.9 Å². The summed E-state index contributed by atoms with van der Waals surface area (Å²) in [5, 5.41) is 0. The largest absolute Gasteiger partial charge is 0.372 e. The molecule has 0 saturated heterocycles. The zero-order valence-electron chi connectivity index (χ0n) is 7.66. The van der Waals surface area contributed by atoms with E-state index in [9.17, 15) is 4.79 Å². The number of Topliss-reactive ketones (excluding diaryl/α,β-unsaturated/α-hetero) is 1. The number of carbonyl (C=O) groups excluding carboxylic acids is 1. The minimum Gasteiger partial charge on any atom is -0.372 e. The van der Waals surface area contributed by atoms with Gasteiger partial charge in [0.05, 0.1) is 10.9 Å². The zero-order valence-corrected chi connectivity index (χ0v) is 9.24. The third kappa shape index (κ3) is 4.19. The number of ketones is 1. The normalized spacial score (nSPS) is 10.4. The molecule has 0 aliphatic heterocycles. The van der Waals surface area contributed by atoms with Gasteiger partial charge in [-0.3, -0.25) is 4.79 Å². The first-order chi connectivity index (χ1) is 6.72. The molecular formula is C9H12ClNO2S. The molecule has 78 valence electrons. The molecule has 0 unspecified atom stereocenters. The molecule has 0 saturated carbocycles. The Morgan fingerprint density at radius 2 is 2.36 bits per heavy atom. The van der Waals surface area contributed by atoms with Gasteiger partial charge in [-0.1, -0.05) is 11.6 Å². The molecule has 1 aromatic heterocycles. The SMILES string of the molecule is NCCOCC(=O)Cc1ccc(Cl)s1. The highest BCUT2D eigenvalue weighted by Gasteiger charge is 2.05. The molecule has 0 aliphatic rings. The molecular weight excluding hydrogens is 222 g/mol. The number of halogens is 1. The Morgan fingerprint density at radius 3 is 2.93 bits per heavy atom. The van der Waals surface area contributed by atoms with Crippen LogP contribution in [0.3, 0.4) is 0 Å². The van der Waals surface area contributed by atoms with Gasteiger partial charge in [0.25, 0.3) is 0 Å². The van der Waals surface area contributed by atoms with E-state index in [1.54, 1.807) is 6.07 Å². The summed E-state index contributed by atoms with van der Waals surface area (Å²) in [6, 6.07) is 3.64. The molecule has 2 N–H and O–H groups in total. The van der Waals surface area contributed by atoms with Crippen molar-refractivity contribution in [2.75, 3.05) is 19.8 Å². The lowest BCUT2D eigenvalue weighted by Gasteiger charge is -1.99. The Balaban J connectivity index is 2.27. The molecule has 5 heteroatoms. The van der Waals surface area contributed by atoms with E-state index in [2.05, 4.69) is 0 Å². The number of nitrogens with two attached hydrogens (primary N) is 1. The predicted octanol–water partition coefficient (Wildman–Crippen LogP) is 1.49. The van der Waals surface area contributed by atoms with Gasteiger partial charge in [0, 0.05) is 17.8 Å². The van der Waals surface area contributed by atoms with Crippen molar-refractivity contribution >= 4 is 28.7 Å². The van der Waals surface area contributed by atoms with Crippen LogP contribution in [0, 0.1) is 0 Å².